The largest absolute Gasteiger partial charge is 0.0776 e. The summed E-state index contributed by atoms with van der Waals surface area (Å²) in [6, 6.07) is 0. The maximum absolute atomic E-state index is 0. The molecule has 0 aliphatic carbocycles. The van der Waals surface area contributed by atoms with Crippen LogP contribution in [0.2, 0.25) is 0 Å². The molecule has 0 atom stereocenters. The Morgan fingerprint density at radius 3 is 0.222 bits per heavy atom. The summed E-state index contributed by atoms with van der Waals surface area (Å²) in [5, 5.41) is 0. The van der Waals surface area contributed by atoms with Crippen LogP contribution >= 0.6 is 0 Å². The Labute approximate surface area is 69.6 Å². The highest BCUT2D eigenvalue weighted by Gasteiger charge is 0.00119. The average Bonchev–Trinajstić information content (AvgIpc) is 0. The van der Waals surface area contributed by atoms with Gasteiger partial charge in [0.2, 0.25) is 0 Å². The summed E-state index contributed by atoms with van der Waals surface area (Å²) >= 11 is 0. The first-order valence-corrected chi connectivity index (χ1v) is 0. The molecule has 0 aromatic rings. The molecule has 0 saturated carbocycles. The van der Waals surface area contributed by atoms with Crippen molar-refractivity contribution >= 4 is 16.8 Å². The first-order valence-electron chi connectivity index (χ1n) is 0. The number of hydrogen-bond donors (Lipinski definition) is 0. The topological polar surface area (TPSA) is 0 Å². The highest BCUT2D eigenvalue weighted by molar-refractivity contribution is 5.76. The van der Waals surface area contributed by atoms with E-state index < -0.39 is 0 Å². The third-order valence-corrected chi connectivity index (χ3v) is 0. The van der Waals surface area contributed by atoms with E-state index in [0.717, 1.165) is 0 Å². The predicted molar refractivity (Wildman–Crippen MR) is 58.6 cm³/mol. The highest BCUT2D eigenvalue weighted by Crippen LogP contribution is 0.150. The second-order valence-electron chi connectivity index (χ2n) is 0. The Balaban J connectivity index is 0. The quantitative estimate of drug-likeness (QED) is 0.443. The zero-order chi connectivity index (χ0) is 0. The Kier molecular flexibility index (Phi) is 97400000. The summed E-state index contributed by atoms with van der Waals surface area (Å²) in [6.07, 6.45) is 0. The van der Waals surface area contributed by atoms with Crippen LogP contribution in [0.5, 0.6) is 0 Å². The van der Waals surface area contributed by atoms with E-state index in [4.69, 9.17) is 0 Å². The molecular weight excluding hydrogens is 106 g/mol. The Morgan fingerprint density at radius 1 is 0.222 bits per heavy atom. The summed E-state index contributed by atoms with van der Waals surface area (Å²) in [6.45, 7) is 0. The molecule has 0 aliphatic heterocycles. The molecule has 0 nitrogen and oxygen atoms in total. The monoisotopic (exact) mass is 134 g/mol. The van der Waals surface area contributed by atoms with Gasteiger partial charge >= 0.3 is 0 Å². The van der Waals surface area contributed by atoms with Crippen LogP contribution in [0, 0.1) is 0 Å². The van der Waals surface area contributed by atoms with Gasteiger partial charge in [0.1, 0.15) is 0 Å². The van der Waals surface area contributed by atoms with Crippen molar-refractivity contribution in [1.82, 2.24) is 0 Å². The predicted octanol–water partition coefficient (Wildman–Crippen LogP) is 3.69. The smallest absolute Gasteiger partial charge is 0 e. The van der Waals surface area contributed by atoms with Crippen molar-refractivity contribution in [2.75, 3.05) is 0 Å². The molecule has 0 N–H and O–H groups in total. The molecule has 0 amide bonds. The highest BCUT2D eigenvalue weighted by atomic mass is 12.0. The van der Waals surface area contributed by atoms with Crippen LogP contribution in [0.4, 0.5) is 0 Å². The second-order valence-corrected chi connectivity index (χ2v) is 0. The van der Waals surface area contributed by atoms with E-state index in [1.54, 1.807) is 0 Å². The van der Waals surface area contributed by atoms with Crippen LogP contribution in [0.15, 0.2) is 0 Å². The van der Waals surface area contributed by atoms with Gasteiger partial charge in [0.05, 0.1) is 0 Å². The molecule has 6 radical (unpaired) electrons. The van der Waals surface area contributed by atoms with Crippen LogP contribution in [0.1, 0.15) is 52.0 Å². The van der Waals surface area contributed by atoms with Crippen molar-refractivity contribution in [3.05, 3.63) is 0 Å². The van der Waals surface area contributed by atoms with E-state index in [1.807, 2.05) is 0 Å². The molecule has 0 aliphatic rings. The maximum atomic E-state index is 0. The molecule has 0 rings (SSSR count). The molecule has 0 spiro atoms. The molecule has 0 fully saturated rings. The van der Waals surface area contributed by atoms with Gasteiger partial charge in [0.25, 0.3) is 0 Å². The summed E-state index contributed by atoms with van der Waals surface area (Å²) in [5.41, 5.74) is 0. The van der Waals surface area contributed by atoms with Crippen LogP contribution < -0.4 is 0 Å². The lowest BCUT2D eigenvalue weighted by Gasteiger charge is -0.0786. The van der Waals surface area contributed by atoms with Gasteiger partial charge in [-0.3, -0.25) is 0 Å². The van der Waals surface area contributed by atoms with Gasteiger partial charge in [0, 0.05) is 16.8 Å². The molecule has 0 saturated heterocycles. The van der Waals surface area contributed by atoms with Crippen molar-refractivity contribution in [2.24, 2.45) is 0 Å². The second kappa shape index (κ2) is 24500. The molecule has 0 bridgehead atoms. The Bertz CT molecular complexity index is 6.88. The maximum Gasteiger partial charge on any atom is 0 e. The first kappa shape index (κ1) is 35800. The fourth-order valence-electron chi connectivity index (χ4n) is 0. The van der Waals surface area contributed by atoms with E-state index in [0.29, 0.717) is 0 Å². The van der Waals surface area contributed by atoms with Gasteiger partial charge in [0.15, 0.2) is 0 Å². The van der Waals surface area contributed by atoms with Gasteiger partial charge in [-0.2, -0.15) is 0 Å². The molecular formula is C7H28B2. The molecule has 9 heavy (non-hydrogen) atoms. The summed E-state index contributed by atoms with van der Waals surface area (Å²) in [5.74, 6) is 0. The van der Waals surface area contributed by atoms with Crippen LogP contribution in [-0.2, 0) is 0 Å². The van der Waals surface area contributed by atoms with Gasteiger partial charge in [-0.1, -0.05) is 52.0 Å². The lowest BCUT2D eigenvalue weighted by Crippen LogP contribution is -0.382. The SMILES string of the molecule is C.C.C.C.C.C.C.[B].[B]. The van der Waals surface area contributed by atoms with Crippen molar-refractivity contribution in [3.63, 3.8) is 0 Å². The molecule has 0 heterocycles. The van der Waals surface area contributed by atoms with Crippen LogP contribution in [0.3, 0.4) is 0 Å². The molecule has 62 valence electrons. The third-order valence-electron chi connectivity index (χ3n) is 0. The molecule has 0 unspecified atom stereocenters. The standard InChI is InChI=1S/7CH4.2B/h7*1H4;;. The van der Waals surface area contributed by atoms with Crippen LogP contribution in [-0.4, -0.2) is 16.8 Å². The summed E-state index contributed by atoms with van der Waals surface area (Å²) < 4.78 is 0. The van der Waals surface area contributed by atoms with E-state index in [2.05, 4.69) is 0 Å². The molecule has 2 heteroatoms. The lowest BCUT2D eigenvalue weighted by molar-refractivity contribution is 2.50. The molecule has 0 aromatic heterocycles. The number of hydrogen-bond acceptors (Lipinski definition) is 0. The normalized spacial score (nSPS) is 0. The van der Waals surface area contributed by atoms with Gasteiger partial charge in [-0.05, 0) is 0 Å². The summed E-state index contributed by atoms with van der Waals surface area (Å²) in [7, 11) is 0. The molecule has 0 aromatic carbocycles. The Hall–Kier alpha value is 0.130. The number of rotatable bonds is 0. The average molecular weight is 134 g/mol. The van der Waals surface area contributed by atoms with Crippen molar-refractivity contribution in [2.45, 2.75) is 52.0 Å². The van der Waals surface area contributed by atoms with Gasteiger partial charge in [-0.15, -0.1) is 0 Å². The first-order chi connectivity index (χ1) is 0. The summed E-state index contributed by atoms with van der Waals surface area (Å²) in [4.78, 5) is 0. The van der Waals surface area contributed by atoms with E-state index in [9.17, 15) is 0 Å². The van der Waals surface area contributed by atoms with E-state index >= 15 is 0 Å². The zero-order valence-corrected chi connectivity index (χ0v) is 1.15. The minimum atomic E-state index is 0. The van der Waals surface area contributed by atoms with E-state index in [-0.39, 0.29) is 68.8 Å². The minimum Gasteiger partial charge on any atom is -0.0776 e. The fraction of sp³-hybridized carbons (Fsp3) is 1.00. The van der Waals surface area contributed by atoms with Gasteiger partial charge in [-0.25, -0.2) is 0 Å². The van der Waals surface area contributed by atoms with Crippen molar-refractivity contribution in [1.29, 1.82) is 0 Å². The van der Waals surface area contributed by atoms with Crippen molar-refractivity contribution < 1.29 is 0 Å². The minimum absolute atomic E-state index is 0. The van der Waals surface area contributed by atoms with Gasteiger partial charge < -0.3 is 0 Å². The van der Waals surface area contributed by atoms with Crippen LogP contribution in [0.25, 0.3) is 0 Å². The zero-order valence-electron chi connectivity index (χ0n) is 1.15. The van der Waals surface area contributed by atoms with E-state index in [1.165, 1.54) is 0 Å². The third kappa shape index (κ3) is 18100. The van der Waals surface area contributed by atoms with Crippen molar-refractivity contribution in [3.8, 4) is 0 Å². The fourth-order valence-corrected chi connectivity index (χ4v) is 0. The Morgan fingerprint density at radius 2 is 0.222 bits per heavy atom. The lowest BCUT2D eigenvalue weighted by atomic mass is 10.8.